The molecule has 0 spiro atoms. The highest BCUT2D eigenvalue weighted by molar-refractivity contribution is 14.1. The Morgan fingerprint density at radius 1 is 1.57 bits per heavy atom. The fourth-order valence-corrected chi connectivity index (χ4v) is 1.51. The van der Waals surface area contributed by atoms with Crippen molar-refractivity contribution in [3.05, 3.63) is 33.4 Å². The third kappa shape index (κ3) is 3.34. The highest BCUT2D eigenvalue weighted by Crippen LogP contribution is 2.07. The van der Waals surface area contributed by atoms with Crippen molar-refractivity contribution in [2.24, 2.45) is 0 Å². The molecule has 0 bridgehead atoms. The molecule has 14 heavy (non-hydrogen) atoms. The molecule has 0 aliphatic heterocycles. The first kappa shape index (κ1) is 11.0. The average Bonchev–Trinajstić information content (AvgIpc) is 2.18. The molecular weight excluding hydrogens is 291 g/mol. The molecule has 0 saturated carbocycles. The molecule has 1 aromatic carbocycles. The number of carbonyl (C=O) groups is 1. The summed E-state index contributed by atoms with van der Waals surface area (Å²) in [6, 6.07) is 9.29. The van der Waals surface area contributed by atoms with Gasteiger partial charge in [-0.1, -0.05) is 6.07 Å². The Morgan fingerprint density at radius 2 is 2.36 bits per heavy atom. The number of carbonyl (C=O) groups excluding carboxylic acids is 1. The zero-order valence-electron chi connectivity index (χ0n) is 7.46. The number of rotatable bonds is 3. The van der Waals surface area contributed by atoms with E-state index < -0.39 is 0 Å². The lowest BCUT2D eigenvalue weighted by atomic mass is 10.2. The maximum atomic E-state index is 11.4. The second-order valence-corrected chi connectivity index (χ2v) is 3.92. The van der Waals surface area contributed by atoms with Gasteiger partial charge in [-0.15, -0.1) is 0 Å². The van der Waals surface area contributed by atoms with Crippen molar-refractivity contribution < 1.29 is 4.79 Å². The van der Waals surface area contributed by atoms with E-state index in [0.717, 1.165) is 3.57 Å². The first-order chi connectivity index (χ1) is 6.74. The van der Waals surface area contributed by atoms with Crippen LogP contribution in [0.2, 0.25) is 0 Å². The van der Waals surface area contributed by atoms with Crippen LogP contribution in [0.4, 0.5) is 0 Å². The summed E-state index contributed by atoms with van der Waals surface area (Å²) in [7, 11) is 0. The minimum Gasteiger partial charge on any atom is -0.351 e. The van der Waals surface area contributed by atoms with Crippen molar-refractivity contribution in [3.8, 4) is 6.07 Å². The molecular formula is C10H9IN2O. The van der Waals surface area contributed by atoms with Crippen LogP contribution in [-0.4, -0.2) is 12.5 Å². The number of benzene rings is 1. The molecule has 0 aromatic heterocycles. The molecule has 72 valence electrons. The first-order valence-electron chi connectivity index (χ1n) is 4.15. The van der Waals surface area contributed by atoms with Gasteiger partial charge >= 0.3 is 0 Å². The summed E-state index contributed by atoms with van der Waals surface area (Å²) in [5.74, 6) is -0.126. The van der Waals surface area contributed by atoms with Gasteiger partial charge in [0, 0.05) is 15.7 Å². The maximum Gasteiger partial charge on any atom is 0.251 e. The molecule has 0 heterocycles. The lowest BCUT2D eigenvalue weighted by Crippen LogP contribution is -2.24. The molecule has 0 aliphatic carbocycles. The van der Waals surface area contributed by atoms with Crippen LogP contribution >= 0.6 is 22.6 Å². The Balaban J connectivity index is 2.57. The standard InChI is InChI=1S/C10H9IN2O/c11-9-4-1-3-8(7-9)10(14)13-6-2-5-12/h1,3-4,7H,2,6H2,(H,13,14). The predicted molar refractivity (Wildman–Crippen MR) is 61.7 cm³/mol. The Hall–Kier alpha value is -1.09. The number of halogens is 1. The summed E-state index contributed by atoms with van der Waals surface area (Å²) in [5.41, 5.74) is 0.634. The molecule has 1 N–H and O–H groups in total. The molecule has 0 aliphatic rings. The third-order valence-electron chi connectivity index (χ3n) is 1.61. The van der Waals surface area contributed by atoms with Gasteiger partial charge in [0.2, 0.25) is 0 Å². The average molecular weight is 300 g/mol. The summed E-state index contributed by atoms with van der Waals surface area (Å²) in [6.07, 6.45) is 0.343. The molecule has 0 fully saturated rings. The third-order valence-corrected chi connectivity index (χ3v) is 2.28. The predicted octanol–water partition coefficient (Wildman–Crippen LogP) is 1.93. The molecule has 0 radical (unpaired) electrons. The van der Waals surface area contributed by atoms with Gasteiger partial charge in [0.15, 0.2) is 0 Å². The molecule has 4 heteroatoms. The summed E-state index contributed by atoms with van der Waals surface area (Å²) < 4.78 is 1.02. The van der Waals surface area contributed by atoms with Crippen LogP contribution in [0.1, 0.15) is 16.8 Å². The molecule has 0 atom stereocenters. The lowest BCUT2D eigenvalue weighted by molar-refractivity contribution is 0.0954. The van der Waals surface area contributed by atoms with Crippen molar-refractivity contribution in [3.63, 3.8) is 0 Å². The summed E-state index contributed by atoms with van der Waals surface area (Å²) >= 11 is 2.15. The Kier molecular flexibility index (Phi) is 4.40. The van der Waals surface area contributed by atoms with Crippen LogP contribution in [0.5, 0.6) is 0 Å². The molecule has 1 aromatic rings. The van der Waals surface area contributed by atoms with E-state index >= 15 is 0 Å². The fraction of sp³-hybridized carbons (Fsp3) is 0.200. The summed E-state index contributed by atoms with van der Waals surface area (Å²) in [4.78, 5) is 11.4. The van der Waals surface area contributed by atoms with Crippen LogP contribution in [-0.2, 0) is 0 Å². The van der Waals surface area contributed by atoms with E-state index in [1.165, 1.54) is 0 Å². The summed E-state index contributed by atoms with van der Waals surface area (Å²) in [5, 5.41) is 11.0. The number of hydrogen-bond donors (Lipinski definition) is 1. The van der Waals surface area contributed by atoms with Crippen LogP contribution in [0.25, 0.3) is 0 Å². The van der Waals surface area contributed by atoms with Gasteiger partial charge in [0.25, 0.3) is 5.91 Å². The zero-order valence-corrected chi connectivity index (χ0v) is 9.61. The lowest BCUT2D eigenvalue weighted by Gasteiger charge is -2.02. The molecule has 0 unspecified atom stereocenters. The maximum absolute atomic E-state index is 11.4. The molecule has 0 saturated heterocycles. The minimum absolute atomic E-state index is 0.126. The van der Waals surface area contributed by atoms with E-state index in [1.54, 1.807) is 6.07 Å². The number of nitrogens with zero attached hydrogens (tertiary/aromatic N) is 1. The SMILES string of the molecule is N#CCCNC(=O)c1cccc(I)c1. The quantitative estimate of drug-likeness (QED) is 0.685. The van der Waals surface area contributed by atoms with Gasteiger partial charge in [0.1, 0.15) is 0 Å². The van der Waals surface area contributed by atoms with E-state index in [9.17, 15) is 4.79 Å². The van der Waals surface area contributed by atoms with Crippen molar-refractivity contribution in [1.29, 1.82) is 5.26 Å². The highest BCUT2D eigenvalue weighted by atomic mass is 127. The van der Waals surface area contributed by atoms with Crippen LogP contribution in [0.3, 0.4) is 0 Å². The smallest absolute Gasteiger partial charge is 0.251 e. The van der Waals surface area contributed by atoms with Gasteiger partial charge in [-0.3, -0.25) is 4.79 Å². The number of hydrogen-bond acceptors (Lipinski definition) is 2. The second-order valence-electron chi connectivity index (χ2n) is 2.67. The Labute approximate surface area is 96.3 Å². The highest BCUT2D eigenvalue weighted by Gasteiger charge is 2.03. The fourth-order valence-electron chi connectivity index (χ4n) is 0.964. The minimum atomic E-state index is -0.126. The zero-order chi connectivity index (χ0) is 10.4. The van der Waals surface area contributed by atoms with E-state index in [0.29, 0.717) is 18.5 Å². The second kappa shape index (κ2) is 5.60. The van der Waals surface area contributed by atoms with Crippen molar-refractivity contribution in [2.75, 3.05) is 6.54 Å². The molecule has 1 rings (SSSR count). The van der Waals surface area contributed by atoms with Crippen LogP contribution < -0.4 is 5.32 Å². The van der Waals surface area contributed by atoms with Gasteiger partial charge in [-0.2, -0.15) is 5.26 Å². The van der Waals surface area contributed by atoms with Crippen LogP contribution in [0.15, 0.2) is 24.3 Å². The van der Waals surface area contributed by atoms with Crippen molar-refractivity contribution in [2.45, 2.75) is 6.42 Å². The number of nitrogens with one attached hydrogen (secondary N) is 1. The van der Waals surface area contributed by atoms with Gasteiger partial charge in [0.05, 0.1) is 12.5 Å². The largest absolute Gasteiger partial charge is 0.351 e. The van der Waals surface area contributed by atoms with E-state index in [4.69, 9.17) is 5.26 Å². The molecule has 3 nitrogen and oxygen atoms in total. The topological polar surface area (TPSA) is 52.9 Å². The Morgan fingerprint density at radius 3 is 3.00 bits per heavy atom. The van der Waals surface area contributed by atoms with Crippen molar-refractivity contribution >= 4 is 28.5 Å². The van der Waals surface area contributed by atoms with E-state index in [1.807, 2.05) is 24.3 Å². The Bertz CT molecular complexity index is 371. The normalized spacial score (nSPS) is 9.14. The van der Waals surface area contributed by atoms with Gasteiger partial charge < -0.3 is 5.32 Å². The van der Waals surface area contributed by atoms with Crippen molar-refractivity contribution in [1.82, 2.24) is 5.32 Å². The number of amides is 1. The first-order valence-corrected chi connectivity index (χ1v) is 5.22. The number of nitriles is 1. The summed E-state index contributed by atoms with van der Waals surface area (Å²) in [6.45, 7) is 0.404. The van der Waals surface area contributed by atoms with E-state index in [-0.39, 0.29) is 5.91 Å². The van der Waals surface area contributed by atoms with Gasteiger partial charge in [-0.05, 0) is 40.8 Å². The van der Waals surface area contributed by atoms with Crippen LogP contribution in [0, 0.1) is 14.9 Å². The van der Waals surface area contributed by atoms with Gasteiger partial charge in [-0.25, -0.2) is 0 Å². The van der Waals surface area contributed by atoms with E-state index in [2.05, 4.69) is 27.9 Å². The monoisotopic (exact) mass is 300 g/mol. The molecule has 1 amide bonds.